The van der Waals surface area contributed by atoms with E-state index in [4.69, 9.17) is 9.47 Å². The average Bonchev–Trinajstić information content (AvgIpc) is 3.11. The Bertz CT molecular complexity index is 1040. The first-order valence-corrected chi connectivity index (χ1v) is 9.15. The fraction of sp³-hybridized carbons (Fsp3) is 0.333. The van der Waals surface area contributed by atoms with Gasteiger partial charge in [0.25, 0.3) is 5.95 Å². The molecule has 1 aliphatic carbocycles. The molecule has 0 amide bonds. The van der Waals surface area contributed by atoms with Crippen molar-refractivity contribution in [2.75, 3.05) is 14.2 Å². The van der Waals surface area contributed by atoms with Crippen LogP contribution in [0.1, 0.15) is 45.3 Å². The molecule has 28 heavy (non-hydrogen) atoms. The zero-order chi connectivity index (χ0) is 19.8. The van der Waals surface area contributed by atoms with Crippen molar-refractivity contribution in [3.8, 4) is 17.4 Å². The minimum Gasteiger partial charge on any atom is -0.497 e. The van der Waals surface area contributed by atoms with E-state index in [0.29, 0.717) is 30.1 Å². The molecule has 0 unspecified atom stereocenters. The molecule has 0 N–H and O–H groups in total. The molecule has 0 saturated carbocycles. The van der Waals surface area contributed by atoms with Crippen LogP contribution in [0.3, 0.4) is 0 Å². The lowest BCUT2D eigenvalue weighted by molar-refractivity contribution is 0.0963. The molecule has 0 aliphatic heterocycles. The molecule has 144 valence electrons. The molecular weight excluding hydrogens is 356 g/mol. The Balaban J connectivity index is 1.76. The summed E-state index contributed by atoms with van der Waals surface area (Å²) in [6.07, 6.45) is 2.69. The SMILES string of the molecule is COc1ccc([C@H]2CC(=O)c3cnn(-c4nc(C)cc(C)n4)c3C2)c(OC)c1. The number of hydrogen-bond donors (Lipinski definition) is 0. The van der Waals surface area contributed by atoms with Gasteiger partial charge in [0.05, 0.1) is 31.7 Å². The number of ether oxygens (including phenoxy) is 2. The molecular formula is C21H22N4O3. The van der Waals surface area contributed by atoms with E-state index in [9.17, 15) is 4.79 Å². The van der Waals surface area contributed by atoms with Crippen LogP contribution in [0.25, 0.3) is 5.95 Å². The Labute approximate surface area is 163 Å². The summed E-state index contributed by atoms with van der Waals surface area (Å²) in [6, 6.07) is 7.62. The molecule has 1 aromatic carbocycles. The number of ketones is 1. The summed E-state index contributed by atoms with van der Waals surface area (Å²) in [6.45, 7) is 3.84. The minimum absolute atomic E-state index is 0.0118. The maximum absolute atomic E-state index is 12.8. The minimum atomic E-state index is -0.0118. The Hall–Kier alpha value is -3.22. The summed E-state index contributed by atoms with van der Waals surface area (Å²) in [4.78, 5) is 21.8. The second kappa shape index (κ2) is 7.07. The molecule has 2 heterocycles. The van der Waals surface area contributed by atoms with Gasteiger partial charge in [0, 0.05) is 29.8 Å². The van der Waals surface area contributed by atoms with Gasteiger partial charge in [-0.15, -0.1) is 0 Å². The largest absolute Gasteiger partial charge is 0.497 e. The van der Waals surface area contributed by atoms with Crippen LogP contribution in [0.2, 0.25) is 0 Å². The van der Waals surface area contributed by atoms with Crippen molar-refractivity contribution in [1.29, 1.82) is 0 Å². The van der Waals surface area contributed by atoms with E-state index in [1.807, 2.05) is 38.1 Å². The van der Waals surface area contributed by atoms with Gasteiger partial charge < -0.3 is 9.47 Å². The molecule has 3 aromatic rings. The van der Waals surface area contributed by atoms with Crippen LogP contribution in [0, 0.1) is 13.8 Å². The molecule has 2 aromatic heterocycles. The van der Waals surface area contributed by atoms with Crippen LogP contribution in [-0.2, 0) is 6.42 Å². The smallest absolute Gasteiger partial charge is 0.251 e. The van der Waals surface area contributed by atoms with Crippen molar-refractivity contribution in [3.63, 3.8) is 0 Å². The summed E-state index contributed by atoms with van der Waals surface area (Å²) >= 11 is 0. The third-order valence-electron chi connectivity index (χ3n) is 5.08. The van der Waals surface area contributed by atoms with Gasteiger partial charge in [-0.3, -0.25) is 4.79 Å². The van der Waals surface area contributed by atoms with Crippen molar-refractivity contribution in [2.45, 2.75) is 32.6 Å². The number of Topliss-reactive ketones (excluding diaryl/α,β-unsaturated/α-hetero) is 1. The highest BCUT2D eigenvalue weighted by molar-refractivity contribution is 5.98. The highest BCUT2D eigenvalue weighted by atomic mass is 16.5. The molecule has 0 spiro atoms. The highest BCUT2D eigenvalue weighted by Crippen LogP contribution is 2.38. The van der Waals surface area contributed by atoms with Gasteiger partial charge in [-0.05, 0) is 38.0 Å². The van der Waals surface area contributed by atoms with Crippen molar-refractivity contribution in [3.05, 3.63) is 58.7 Å². The quantitative estimate of drug-likeness (QED) is 0.694. The fourth-order valence-electron chi connectivity index (χ4n) is 3.79. The van der Waals surface area contributed by atoms with Gasteiger partial charge in [-0.2, -0.15) is 5.10 Å². The molecule has 0 fully saturated rings. The summed E-state index contributed by atoms with van der Waals surface area (Å²) in [5.74, 6) is 1.99. The summed E-state index contributed by atoms with van der Waals surface area (Å²) in [7, 11) is 3.25. The lowest BCUT2D eigenvalue weighted by Crippen LogP contribution is -2.21. The van der Waals surface area contributed by atoms with E-state index < -0.39 is 0 Å². The van der Waals surface area contributed by atoms with Gasteiger partial charge >= 0.3 is 0 Å². The molecule has 1 aliphatic rings. The van der Waals surface area contributed by atoms with Crippen LogP contribution in [0.15, 0.2) is 30.5 Å². The number of rotatable bonds is 4. The first-order valence-electron chi connectivity index (χ1n) is 9.15. The third-order valence-corrected chi connectivity index (χ3v) is 5.08. The first kappa shape index (κ1) is 18.2. The average molecular weight is 378 g/mol. The highest BCUT2D eigenvalue weighted by Gasteiger charge is 2.32. The number of carbonyl (C=O) groups is 1. The lowest BCUT2D eigenvalue weighted by atomic mass is 9.82. The maximum atomic E-state index is 12.8. The van der Waals surface area contributed by atoms with Crippen LogP contribution in [0.5, 0.6) is 11.5 Å². The Morgan fingerprint density at radius 3 is 2.46 bits per heavy atom. The number of hydrogen-bond acceptors (Lipinski definition) is 6. The standard InChI is InChI=1S/C21H22N4O3/c1-12-7-13(2)24-21(23-12)25-18-8-14(9-19(26)17(18)11-22-25)16-6-5-15(27-3)10-20(16)28-4/h5-7,10-11,14H,8-9H2,1-4H3/t14-/m1/s1. The summed E-state index contributed by atoms with van der Waals surface area (Å²) in [5, 5.41) is 4.42. The summed E-state index contributed by atoms with van der Waals surface area (Å²) < 4.78 is 12.5. The van der Waals surface area contributed by atoms with E-state index >= 15 is 0 Å². The van der Waals surface area contributed by atoms with Crippen LogP contribution in [0.4, 0.5) is 0 Å². The van der Waals surface area contributed by atoms with Crippen LogP contribution < -0.4 is 9.47 Å². The maximum Gasteiger partial charge on any atom is 0.251 e. The molecule has 7 heteroatoms. The number of benzene rings is 1. The zero-order valence-electron chi connectivity index (χ0n) is 16.4. The number of nitrogens with zero attached hydrogens (tertiary/aromatic N) is 4. The van der Waals surface area contributed by atoms with Gasteiger partial charge in [0.2, 0.25) is 0 Å². The van der Waals surface area contributed by atoms with Gasteiger partial charge in [0.15, 0.2) is 5.78 Å². The predicted molar refractivity (Wildman–Crippen MR) is 104 cm³/mol. The van der Waals surface area contributed by atoms with Gasteiger partial charge in [0.1, 0.15) is 11.5 Å². The molecule has 0 radical (unpaired) electrons. The lowest BCUT2D eigenvalue weighted by Gasteiger charge is -2.24. The Morgan fingerprint density at radius 2 is 1.79 bits per heavy atom. The number of methoxy groups -OCH3 is 2. The number of fused-ring (bicyclic) bond motifs is 1. The Morgan fingerprint density at radius 1 is 1.04 bits per heavy atom. The van der Waals surface area contributed by atoms with Crippen molar-refractivity contribution in [1.82, 2.24) is 19.7 Å². The van der Waals surface area contributed by atoms with Crippen molar-refractivity contribution < 1.29 is 14.3 Å². The van der Waals surface area contributed by atoms with Crippen molar-refractivity contribution >= 4 is 5.78 Å². The van der Waals surface area contributed by atoms with E-state index in [-0.39, 0.29) is 11.7 Å². The van der Waals surface area contributed by atoms with E-state index in [1.165, 1.54) is 0 Å². The van der Waals surface area contributed by atoms with Crippen LogP contribution in [-0.4, -0.2) is 39.8 Å². The van der Waals surface area contributed by atoms with Gasteiger partial charge in [-0.1, -0.05) is 6.07 Å². The number of carbonyl (C=O) groups excluding carboxylic acids is 1. The Kier molecular flexibility index (Phi) is 4.58. The van der Waals surface area contributed by atoms with Crippen molar-refractivity contribution in [2.24, 2.45) is 0 Å². The molecule has 0 saturated heterocycles. The van der Waals surface area contributed by atoms with Crippen LogP contribution >= 0.6 is 0 Å². The normalized spacial score (nSPS) is 16.0. The monoisotopic (exact) mass is 378 g/mol. The third kappa shape index (κ3) is 3.13. The second-order valence-electron chi connectivity index (χ2n) is 7.00. The van der Waals surface area contributed by atoms with E-state index in [2.05, 4.69) is 15.1 Å². The second-order valence-corrected chi connectivity index (χ2v) is 7.00. The van der Waals surface area contributed by atoms with E-state index in [1.54, 1.807) is 25.1 Å². The molecule has 4 rings (SSSR count). The first-order chi connectivity index (χ1) is 13.5. The molecule has 0 bridgehead atoms. The predicted octanol–water partition coefficient (Wildman–Crippen LogP) is 3.21. The fourth-order valence-corrected chi connectivity index (χ4v) is 3.79. The van der Waals surface area contributed by atoms with Gasteiger partial charge in [-0.25, -0.2) is 14.6 Å². The number of aryl methyl sites for hydroxylation is 2. The molecule has 7 nitrogen and oxygen atoms in total. The zero-order valence-corrected chi connectivity index (χ0v) is 16.4. The molecule has 1 atom stereocenters. The topological polar surface area (TPSA) is 79.1 Å². The summed E-state index contributed by atoms with van der Waals surface area (Å²) in [5.41, 5.74) is 4.19. The number of aromatic nitrogens is 4. The van der Waals surface area contributed by atoms with E-state index in [0.717, 1.165) is 28.4 Å².